The predicted octanol–water partition coefficient (Wildman–Crippen LogP) is 5.68. The molecule has 0 bridgehead atoms. The highest BCUT2D eigenvalue weighted by molar-refractivity contribution is 5.56. The van der Waals surface area contributed by atoms with E-state index in [1.165, 1.54) is 31.4 Å². The highest BCUT2D eigenvalue weighted by Gasteiger charge is 2.08. The first kappa shape index (κ1) is 18.0. The standard InChI is InChI=1S/C18H19F3N2O/c1-2-3-4-5-6-13-11-22-18(23-12-13)14-7-9-15(10-8-14)24-17(21)16(19)20/h7-12H,2-6H2,1H3. The van der Waals surface area contributed by atoms with Crippen molar-refractivity contribution in [2.45, 2.75) is 39.0 Å². The molecule has 1 aromatic heterocycles. The fourth-order valence-electron chi connectivity index (χ4n) is 2.20. The van der Waals surface area contributed by atoms with Crippen LogP contribution in [0, 0.1) is 0 Å². The van der Waals surface area contributed by atoms with E-state index >= 15 is 0 Å². The maximum atomic E-state index is 12.7. The minimum absolute atomic E-state index is 0.0170. The molecule has 128 valence electrons. The maximum Gasteiger partial charge on any atom is 0.344 e. The van der Waals surface area contributed by atoms with Gasteiger partial charge in [0.2, 0.25) is 0 Å². The Morgan fingerprint density at radius 3 is 2.21 bits per heavy atom. The third-order valence-electron chi connectivity index (χ3n) is 3.49. The molecule has 0 spiro atoms. The van der Waals surface area contributed by atoms with E-state index in [4.69, 9.17) is 0 Å². The highest BCUT2D eigenvalue weighted by atomic mass is 19.3. The third-order valence-corrected chi connectivity index (χ3v) is 3.49. The molecule has 0 N–H and O–H groups in total. The lowest BCUT2D eigenvalue weighted by atomic mass is 10.1. The van der Waals surface area contributed by atoms with E-state index in [9.17, 15) is 13.2 Å². The molecule has 0 unspecified atom stereocenters. The van der Waals surface area contributed by atoms with Gasteiger partial charge in [-0.2, -0.15) is 13.2 Å². The lowest BCUT2D eigenvalue weighted by Gasteiger charge is -2.05. The Labute approximate surface area is 139 Å². The number of halogens is 3. The molecular weight excluding hydrogens is 317 g/mol. The summed E-state index contributed by atoms with van der Waals surface area (Å²) in [5, 5.41) is 0. The van der Waals surface area contributed by atoms with E-state index in [1.807, 2.05) is 0 Å². The van der Waals surface area contributed by atoms with Gasteiger partial charge in [0.15, 0.2) is 5.82 Å². The third kappa shape index (κ3) is 5.37. The summed E-state index contributed by atoms with van der Waals surface area (Å²) in [6.45, 7) is 2.17. The number of benzene rings is 1. The van der Waals surface area contributed by atoms with E-state index < -0.39 is 12.1 Å². The van der Waals surface area contributed by atoms with Gasteiger partial charge in [-0.05, 0) is 42.7 Å². The van der Waals surface area contributed by atoms with Gasteiger partial charge < -0.3 is 4.74 Å². The van der Waals surface area contributed by atoms with Crippen molar-refractivity contribution in [3.05, 3.63) is 54.3 Å². The number of ether oxygens (including phenoxy) is 1. The van der Waals surface area contributed by atoms with Gasteiger partial charge in [0, 0.05) is 18.0 Å². The topological polar surface area (TPSA) is 35.0 Å². The van der Waals surface area contributed by atoms with Crippen LogP contribution in [-0.2, 0) is 6.42 Å². The van der Waals surface area contributed by atoms with Crippen molar-refractivity contribution in [1.82, 2.24) is 9.97 Å². The first-order valence-electron chi connectivity index (χ1n) is 7.90. The molecule has 6 heteroatoms. The zero-order valence-corrected chi connectivity index (χ0v) is 13.4. The zero-order chi connectivity index (χ0) is 17.4. The van der Waals surface area contributed by atoms with Crippen LogP contribution in [0.15, 0.2) is 48.8 Å². The maximum absolute atomic E-state index is 12.7. The van der Waals surface area contributed by atoms with Crippen LogP contribution in [0.2, 0.25) is 0 Å². The lowest BCUT2D eigenvalue weighted by Crippen LogP contribution is -1.94. The zero-order valence-electron chi connectivity index (χ0n) is 13.4. The Kier molecular flexibility index (Phi) is 6.78. The summed E-state index contributed by atoms with van der Waals surface area (Å²) in [7, 11) is 0. The molecule has 3 nitrogen and oxygen atoms in total. The largest absolute Gasteiger partial charge is 0.428 e. The molecule has 0 atom stereocenters. The van der Waals surface area contributed by atoms with Gasteiger partial charge in [0.25, 0.3) is 0 Å². The molecule has 0 saturated carbocycles. The van der Waals surface area contributed by atoms with Crippen molar-refractivity contribution in [2.75, 3.05) is 0 Å². The first-order valence-corrected chi connectivity index (χ1v) is 7.90. The second-order valence-corrected chi connectivity index (χ2v) is 5.39. The average molecular weight is 336 g/mol. The quantitative estimate of drug-likeness (QED) is 0.459. The van der Waals surface area contributed by atoms with E-state index in [-0.39, 0.29) is 5.75 Å². The summed E-state index contributed by atoms with van der Waals surface area (Å²) >= 11 is 0. The Balaban J connectivity index is 1.97. The van der Waals surface area contributed by atoms with Crippen molar-refractivity contribution in [1.29, 1.82) is 0 Å². The van der Waals surface area contributed by atoms with Gasteiger partial charge in [-0.1, -0.05) is 26.2 Å². The van der Waals surface area contributed by atoms with Crippen LogP contribution < -0.4 is 4.74 Å². The van der Waals surface area contributed by atoms with Crippen LogP contribution in [0.1, 0.15) is 38.2 Å². The minimum atomic E-state index is -2.49. The molecule has 0 aliphatic heterocycles. The number of rotatable bonds is 8. The van der Waals surface area contributed by atoms with Crippen molar-refractivity contribution in [2.24, 2.45) is 0 Å². The number of aromatic nitrogens is 2. The summed E-state index contributed by atoms with van der Waals surface area (Å²) in [6, 6.07) is 4.07. The van der Waals surface area contributed by atoms with Crippen LogP contribution in [0.3, 0.4) is 0 Å². The second-order valence-electron chi connectivity index (χ2n) is 5.39. The second kappa shape index (κ2) is 9.05. The molecule has 0 radical (unpaired) electrons. The molecule has 24 heavy (non-hydrogen) atoms. The van der Waals surface area contributed by atoms with Crippen molar-refractivity contribution in [3.63, 3.8) is 0 Å². The van der Waals surface area contributed by atoms with Crippen molar-refractivity contribution >= 4 is 0 Å². The molecule has 0 saturated heterocycles. The number of hydrogen-bond acceptors (Lipinski definition) is 3. The molecule has 0 aliphatic rings. The van der Waals surface area contributed by atoms with E-state index in [2.05, 4.69) is 21.6 Å². The van der Waals surface area contributed by atoms with Crippen LogP contribution in [0.25, 0.3) is 11.4 Å². The minimum Gasteiger partial charge on any atom is -0.428 e. The molecule has 0 aliphatic carbocycles. The Bertz CT molecular complexity index is 666. The molecule has 0 amide bonds. The van der Waals surface area contributed by atoms with E-state index in [0.29, 0.717) is 11.4 Å². The fraction of sp³-hybridized carbons (Fsp3) is 0.333. The summed E-state index contributed by atoms with van der Waals surface area (Å²) in [5.74, 6) is 0.503. The fourth-order valence-corrected chi connectivity index (χ4v) is 2.20. The average Bonchev–Trinajstić information content (AvgIpc) is 2.60. The van der Waals surface area contributed by atoms with Gasteiger partial charge in [-0.25, -0.2) is 9.97 Å². The normalized spacial score (nSPS) is 10.5. The SMILES string of the molecule is CCCCCCc1cnc(-c2ccc(OC(F)=C(F)F)cc2)nc1. The first-order chi connectivity index (χ1) is 11.6. The number of nitrogens with zero attached hydrogens (tertiary/aromatic N) is 2. The summed E-state index contributed by atoms with van der Waals surface area (Å²) in [4.78, 5) is 8.62. The molecule has 0 fully saturated rings. The predicted molar refractivity (Wildman–Crippen MR) is 86.3 cm³/mol. The van der Waals surface area contributed by atoms with Crippen LogP contribution in [0.5, 0.6) is 5.75 Å². The Morgan fingerprint density at radius 2 is 1.62 bits per heavy atom. The van der Waals surface area contributed by atoms with Crippen molar-refractivity contribution < 1.29 is 17.9 Å². The van der Waals surface area contributed by atoms with Crippen molar-refractivity contribution in [3.8, 4) is 17.1 Å². The molecule has 1 aromatic carbocycles. The Morgan fingerprint density at radius 1 is 0.958 bits per heavy atom. The lowest BCUT2D eigenvalue weighted by molar-refractivity contribution is 0.241. The molecular formula is C18H19F3N2O. The van der Waals surface area contributed by atoms with Crippen LogP contribution in [-0.4, -0.2) is 9.97 Å². The molecule has 2 aromatic rings. The van der Waals surface area contributed by atoms with Gasteiger partial charge in [0.1, 0.15) is 5.75 Å². The number of aryl methyl sites for hydroxylation is 1. The highest BCUT2D eigenvalue weighted by Crippen LogP contribution is 2.22. The van der Waals surface area contributed by atoms with Crippen LogP contribution in [0.4, 0.5) is 13.2 Å². The Hall–Kier alpha value is -2.37. The number of unbranched alkanes of at least 4 members (excludes halogenated alkanes) is 3. The molecule has 1 heterocycles. The van der Waals surface area contributed by atoms with Crippen LogP contribution >= 0.6 is 0 Å². The van der Waals surface area contributed by atoms with Gasteiger partial charge in [-0.15, -0.1) is 0 Å². The van der Waals surface area contributed by atoms with Gasteiger partial charge in [-0.3, -0.25) is 0 Å². The number of hydrogen-bond donors (Lipinski definition) is 0. The van der Waals surface area contributed by atoms with Gasteiger partial charge in [0.05, 0.1) is 0 Å². The molecule has 2 rings (SSSR count). The summed E-state index contributed by atoms with van der Waals surface area (Å²) in [5.41, 5.74) is 1.78. The van der Waals surface area contributed by atoms with E-state index in [1.54, 1.807) is 24.5 Å². The monoisotopic (exact) mass is 336 g/mol. The smallest absolute Gasteiger partial charge is 0.344 e. The van der Waals surface area contributed by atoms with E-state index in [0.717, 1.165) is 18.4 Å². The summed E-state index contributed by atoms with van der Waals surface area (Å²) in [6.07, 6.45) is 6.79. The van der Waals surface area contributed by atoms with Gasteiger partial charge >= 0.3 is 12.1 Å². The summed E-state index contributed by atoms with van der Waals surface area (Å²) < 4.78 is 41.1.